The van der Waals surface area contributed by atoms with Crippen molar-refractivity contribution in [2.24, 2.45) is 7.05 Å². The van der Waals surface area contributed by atoms with Gasteiger partial charge >= 0.3 is 0 Å². The van der Waals surface area contributed by atoms with E-state index in [1.807, 2.05) is 24.1 Å². The van der Waals surface area contributed by atoms with Crippen LogP contribution >= 0.6 is 0 Å². The fraction of sp³-hybridized carbons (Fsp3) is 0.364. The highest BCUT2D eigenvalue weighted by Gasteiger charge is 2.02. The van der Waals surface area contributed by atoms with Crippen LogP contribution < -0.4 is 5.32 Å². The smallest absolute Gasteiger partial charge is 0.124 e. The summed E-state index contributed by atoms with van der Waals surface area (Å²) < 4.78 is 1.88. The van der Waals surface area contributed by atoms with Crippen LogP contribution in [0.2, 0.25) is 0 Å². The molecule has 0 aliphatic rings. The summed E-state index contributed by atoms with van der Waals surface area (Å²) in [5, 5.41) is 7.73. The summed E-state index contributed by atoms with van der Waals surface area (Å²) in [6, 6.07) is 4.15. The molecule has 15 heavy (non-hydrogen) atoms. The normalized spacial score (nSPS) is 10.5. The molecule has 0 unspecified atom stereocenters. The quantitative estimate of drug-likeness (QED) is 0.799. The number of aryl methyl sites for hydroxylation is 2. The predicted molar refractivity (Wildman–Crippen MR) is 60.7 cm³/mol. The van der Waals surface area contributed by atoms with Gasteiger partial charge in [-0.05, 0) is 18.1 Å². The minimum atomic E-state index is 0.826. The van der Waals surface area contributed by atoms with E-state index in [-0.39, 0.29) is 0 Å². The molecule has 0 aliphatic heterocycles. The number of nitrogens with zero attached hydrogens (tertiary/aromatic N) is 2. The molecular weight excluding hydrogens is 188 g/mol. The van der Waals surface area contributed by atoms with Crippen LogP contribution in [0.25, 0.3) is 0 Å². The average Bonchev–Trinajstić information content (AvgIpc) is 2.84. The van der Waals surface area contributed by atoms with Gasteiger partial charge in [0.1, 0.15) is 5.82 Å². The number of hydrogen-bond acceptors (Lipinski definition) is 2. The Morgan fingerprint density at radius 2 is 2.40 bits per heavy atom. The molecule has 0 fully saturated rings. The van der Waals surface area contributed by atoms with Crippen molar-refractivity contribution in [1.29, 1.82) is 0 Å². The third kappa shape index (κ3) is 2.21. The fourth-order valence-corrected chi connectivity index (χ4v) is 1.53. The third-order valence-corrected chi connectivity index (χ3v) is 2.43. The van der Waals surface area contributed by atoms with Gasteiger partial charge in [0.15, 0.2) is 0 Å². The monoisotopic (exact) mass is 204 g/mol. The van der Waals surface area contributed by atoms with Gasteiger partial charge in [0, 0.05) is 32.1 Å². The minimum absolute atomic E-state index is 0.826. The molecule has 0 radical (unpaired) electrons. The van der Waals surface area contributed by atoms with E-state index in [1.165, 1.54) is 5.56 Å². The summed E-state index contributed by atoms with van der Waals surface area (Å²) in [5.74, 6) is 1.06. The first-order valence-corrected chi connectivity index (χ1v) is 5.18. The Morgan fingerprint density at radius 1 is 1.53 bits per heavy atom. The Hall–Kier alpha value is -1.71. The molecule has 2 rings (SSSR count). The van der Waals surface area contributed by atoms with Crippen LogP contribution in [-0.4, -0.2) is 14.8 Å². The highest BCUT2D eigenvalue weighted by Crippen LogP contribution is 2.10. The topological polar surface area (TPSA) is 45.6 Å². The zero-order valence-electron chi connectivity index (χ0n) is 9.12. The SMILES string of the molecule is CCc1cc(NCc2cc[nH]c2)n(C)n1. The standard InChI is InChI=1S/C11H16N4/c1-3-10-6-11(15(2)14-10)13-8-9-4-5-12-7-9/h4-7,12-13H,3,8H2,1-2H3. The van der Waals surface area contributed by atoms with Gasteiger partial charge in [-0.2, -0.15) is 5.10 Å². The van der Waals surface area contributed by atoms with E-state index in [0.29, 0.717) is 0 Å². The largest absolute Gasteiger partial charge is 0.367 e. The third-order valence-electron chi connectivity index (χ3n) is 2.43. The summed E-state index contributed by atoms with van der Waals surface area (Å²) in [6.07, 6.45) is 4.89. The lowest BCUT2D eigenvalue weighted by molar-refractivity contribution is 0.748. The van der Waals surface area contributed by atoms with Gasteiger partial charge in [-0.1, -0.05) is 6.92 Å². The molecule has 0 bridgehead atoms. The van der Waals surface area contributed by atoms with Gasteiger partial charge in [0.2, 0.25) is 0 Å². The Morgan fingerprint density at radius 3 is 3.00 bits per heavy atom. The Labute approximate surface area is 89.3 Å². The Bertz CT molecular complexity index is 414. The second-order valence-corrected chi connectivity index (χ2v) is 3.57. The van der Waals surface area contributed by atoms with Crippen LogP contribution in [0.3, 0.4) is 0 Å². The van der Waals surface area contributed by atoms with Crippen LogP contribution in [0.5, 0.6) is 0 Å². The fourth-order valence-electron chi connectivity index (χ4n) is 1.53. The second kappa shape index (κ2) is 4.21. The molecule has 0 spiro atoms. The maximum absolute atomic E-state index is 4.38. The molecule has 0 aromatic carbocycles. The van der Waals surface area contributed by atoms with Crippen LogP contribution in [0.4, 0.5) is 5.82 Å². The Balaban J connectivity index is 2.01. The molecule has 0 amide bonds. The van der Waals surface area contributed by atoms with E-state index in [0.717, 1.165) is 24.5 Å². The van der Waals surface area contributed by atoms with E-state index >= 15 is 0 Å². The number of H-pyrrole nitrogens is 1. The summed E-state index contributed by atoms with van der Waals surface area (Å²) in [7, 11) is 1.96. The zero-order chi connectivity index (χ0) is 10.7. The van der Waals surface area contributed by atoms with Crippen LogP contribution in [-0.2, 0) is 20.0 Å². The molecule has 2 N–H and O–H groups in total. The van der Waals surface area contributed by atoms with E-state index in [1.54, 1.807) is 0 Å². The summed E-state index contributed by atoms with van der Waals surface area (Å²) >= 11 is 0. The van der Waals surface area contributed by atoms with Crippen molar-refractivity contribution >= 4 is 5.82 Å². The van der Waals surface area contributed by atoms with E-state index in [2.05, 4.69) is 34.5 Å². The lowest BCUT2D eigenvalue weighted by Gasteiger charge is -2.03. The number of aromatic nitrogens is 3. The lowest BCUT2D eigenvalue weighted by Crippen LogP contribution is -2.03. The lowest BCUT2D eigenvalue weighted by atomic mass is 10.3. The first kappa shape index (κ1) is 9.83. The number of rotatable bonds is 4. The van der Waals surface area contributed by atoms with E-state index < -0.39 is 0 Å². The second-order valence-electron chi connectivity index (χ2n) is 3.57. The molecule has 2 aromatic heterocycles. The maximum Gasteiger partial charge on any atom is 0.124 e. The first-order valence-electron chi connectivity index (χ1n) is 5.18. The van der Waals surface area contributed by atoms with Crippen LogP contribution in [0.15, 0.2) is 24.5 Å². The number of anilines is 1. The molecule has 0 aliphatic carbocycles. The molecule has 4 heteroatoms. The van der Waals surface area contributed by atoms with Crippen molar-refractivity contribution in [2.45, 2.75) is 19.9 Å². The van der Waals surface area contributed by atoms with Gasteiger partial charge in [-0.25, -0.2) is 0 Å². The highest BCUT2D eigenvalue weighted by atomic mass is 15.3. The summed E-state index contributed by atoms with van der Waals surface area (Å²) in [5.41, 5.74) is 2.36. The molecule has 2 aromatic rings. The highest BCUT2D eigenvalue weighted by molar-refractivity contribution is 5.37. The molecule has 2 heterocycles. The molecular formula is C11H16N4. The number of hydrogen-bond donors (Lipinski definition) is 2. The molecule has 0 atom stereocenters. The van der Waals surface area contributed by atoms with Crippen LogP contribution in [0.1, 0.15) is 18.2 Å². The molecule has 80 valence electrons. The van der Waals surface area contributed by atoms with E-state index in [4.69, 9.17) is 0 Å². The van der Waals surface area contributed by atoms with Crippen molar-refractivity contribution in [3.05, 3.63) is 35.8 Å². The van der Waals surface area contributed by atoms with Gasteiger partial charge < -0.3 is 10.3 Å². The summed E-state index contributed by atoms with van der Waals surface area (Å²) in [4.78, 5) is 3.03. The molecule has 0 saturated carbocycles. The maximum atomic E-state index is 4.38. The van der Waals surface area contributed by atoms with Gasteiger partial charge in [0.05, 0.1) is 5.69 Å². The van der Waals surface area contributed by atoms with Crippen molar-refractivity contribution < 1.29 is 0 Å². The minimum Gasteiger partial charge on any atom is -0.367 e. The van der Waals surface area contributed by atoms with Gasteiger partial charge in [0.25, 0.3) is 0 Å². The van der Waals surface area contributed by atoms with Crippen molar-refractivity contribution in [3.8, 4) is 0 Å². The Kier molecular flexibility index (Phi) is 2.76. The molecule has 0 saturated heterocycles. The summed E-state index contributed by atoms with van der Waals surface area (Å²) in [6.45, 7) is 2.93. The van der Waals surface area contributed by atoms with Gasteiger partial charge in [-0.15, -0.1) is 0 Å². The van der Waals surface area contributed by atoms with Crippen molar-refractivity contribution in [1.82, 2.24) is 14.8 Å². The van der Waals surface area contributed by atoms with E-state index in [9.17, 15) is 0 Å². The van der Waals surface area contributed by atoms with Gasteiger partial charge in [-0.3, -0.25) is 4.68 Å². The number of aromatic amines is 1. The number of nitrogens with one attached hydrogen (secondary N) is 2. The average molecular weight is 204 g/mol. The zero-order valence-corrected chi connectivity index (χ0v) is 9.12. The van der Waals surface area contributed by atoms with Crippen LogP contribution in [0, 0.1) is 0 Å². The molecule has 4 nitrogen and oxygen atoms in total. The van der Waals surface area contributed by atoms with Crippen molar-refractivity contribution in [3.63, 3.8) is 0 Å². The predicted octanol–water partition coefficient (Wildman–Crippen LogP) is 1.92. The van der Waals surface area contributed by atoms with Crippen molar-refractivity contribution in [2.75, 3.05) is 5.32 Å². The first-order chi connectivity index (χ1) is 7.29.